The number of hydrogen-bond acceptors (Lipinski definition) is 7. The van der Waals surface area contributed by atoms with E-state index >= 15 is 0 Å². The third kappa shape index (κ3) is 9.86. The Kier molecular flexibility index (Phi) is 12.0. The number of likely N-dealkylation sites (tertiary alicyclic amines) is 1. The van der Waals surface area contributed by atoms with Crippen molar-refractivity contribution in [1.82, 2.24) is 29.4 Å². The second kappa shape index (κ2) is 16.2. The van der Waals surface area contributed by atoms with E-state index in [2.05, 4.69) is 15.3 Å². The van der Waals surface area contributed by atoms with E-state index < -0.39 is 38.9 Å². The van der Waals surface area contributed by atoms with Crippen LogP contribution in [0.15, 0.2) is 101 Å². The maximum atomic E-state index is 14.1. The molecule has 3 heterocycles. The molecule has 3 aromatic carbocycles. The van der Waals surface area contributed by atoms with Gasteiger partial charge in [-0.1, -0.05) is 36.4 Å². The number of benzene rings is 3. The standard InChI is InChI=1S/C33H35F3N8O3.C6H6O3S/c1-32(15-18-41(19-16-32)27(45)21-44(4,5)6)39-30(46)28-29(26-14-17-38-42(26)24-12-10-23(37-2)11-13-24)40(3)43(31(28)47)25-9-7-8-22(20-25)33(34,35)36;7-10(8,9)6-4-2-1-3-5-6/h7-14,17,20H,15-16,18-19,21H2,1,3-6H3;1-5H,(H,7,8,9). The Labute approximate surface area is 327 Å². The summed E-state index contributed by atoms with van der Waals surface area (Å²) in [6, 6.07) is 19.7. The van der Waals surface area contributed by atoms with Crippen LogP contribution < -0.4 is 10.9 Å². The largest absolute Gasteiger partial charge is 0.744 e. The minimum absolute atomic E-state index is 0.0119. The first-order chi connectivity index (χ1) is 26.6. The van der Waals surface area contributed by atoms with Crippen molar-refractivity contribution in [2.45, 2.75) is 36.4 Å². The van der Waals surface area contributed by atoms with Gasteiger partial charge in [0.2, 0.25) is 0 Å². The van der Waals surface area contributed by atoms with Crippen LogP contribution in [0.2, 0.25) is 0 Å². The lowest BCUT2D eigenvalue weighted by Gasteiger charge is -2.40. The van der Waals surface area contributed by atoms with Crippen LogP contribution in [-0.2, 0) is 28.1 Å². The number of piperidine rings is 1. The fourth-order valence-corrected chi connectivity index (χ4v) is 6.86. The molecule has 57 heavy (non-hydrogen) atoms. The minimum Gasteiger partial charge on any atom is -0.744 e. The van der Waals surface area contributed by atoms with Crippen molar-refractivity contribution >= 4 is 27.6 Å². The number of quaternary nitrogens is 1. The SMILES string of the molecule is O=S(=O)([O-])c1ccccc1.[C-]#[N+]c1ccc(-n2nccc2-c2c(C(=O)NC3(C)CCN(C(=O)C[N+](C)(C)C)CC3)c(=O)n(-c3cccc(C(F)(F)F)c3)n2C)cc1. The molecule has 1 aliphatic rings. The van der Waals surface area contributed by atoms with Gasteiger partial charge in [0.25, 0.3) is 17.4 Å². The number of rotatable bonds is 8. The Bertz CT molecular complexity index is 2470. The normalized spacial score (nSPS) is 14.3. The highest BCUT2D eigenvalue weighted by molar-refractivity contribution is 7.85. The Morgan fingerprint density at radius 1 is 0.965 bits per heavy atom. The number of halogens is 3. The lowest BCUT2D eigenvalue weighted by Crippen LogP contribution is -2.56. The molecule has 0 radical (unpaired) electrons. The lowest BCUT2D eigenvalue weighted by atomic mass is 9.89. The van der Waals surface area contributed by atoms with Gasteiger partial charge in [-0.2, -0.15) is 18.3 Å². The molecule has 18 heteroatoms. The summed E-state index contributed by atoms with van der Waals surface area (Å²) >= 11 is 0. The monoisotopic (exact) mass is 806 g/mol. The van der Waals surface area contributed by atoms with Crippen molar-refractivity contribution in [3.63, 3.8) is 0 Å². The molecular formula is C39H41F3N8O6S. The van der Waals surface area contributed by atoms with Crippen molar-refractivity contribution in [1.29, 1.82) is 0 Å². The van der Waals surface area contributed by atoms with Gasteiger partial charge in [0.05, 0.1) is 61.4 Å². The van der Waals surface area contributed by atoms with Gasteiger partial charge in [-0.05, 0) is 68.3 Å². The summed E-state index contributed by atoms with van der Waals surface area (Å²) in [5.41, 5.74) is -1.44. The molecule has 5 aromatic rings. The van der Waals surface area contributed by atoms with E-state index in [1.54, 1.807) is 41.3 Å². The number of hydrogen-bond donors (Lipinski definition) is 1. The van der Waals surface area contributed by atoms with E-state index in [4.69, 9.17) is 6.57 Å². The highest BCUT2D eigenvalue weighted by atomic mass is 32.2. The second-order valence-corrected chi connectivity index (χ2v) is 16.2. The number of carbonyl (C=O) groups is 2. The smallest absolute Gasteiger partial charge is 0.416 e. The average Bonchev–Trinajstić information content (AvgIpc) is 3.72. The van der Waals surface area contributed by atoms with E-state index in [1.165, 1.54) is 59.0 Å². The van der Waals surface area contributed by atoms with Crippen LogP contribution in [0, 0.1) is 6.57 Å². The molecule has 2 amide bonds. The topological polar surface area (TPSA) is 156 Å². The molecule has 14 nitrogen and oxygen atoms in total. The van der Waals surface area contributed by atoms with Crippen molar-refractivity contribution in [3.8, 4) is 22.8 Å². The van der Waals surface area contributed by atoms with E-state index in [0.717, 1.165) is 16.8 Å². The molecule has 0 unspecified atom stereocenters. The Morgan fingerprint density at radius 2 is 1.60 bits per heavy atom. The molecule has 2 aromatic heterocycles. The zero-order chi connectivity index (χ0) is 41.9. The molecule has 0 spiro atoms. The van der Waals surface area contributed by atoms with Crippen molar-refractivity contribution < 1.29 is 40.2 Å². The van der Waals surface area contributed by atoms with Crippen LogP contribution in [0.5, 0.6) is 0 Å². The number of nitrogens with zero attached hydrogens (tertiary/aromatic N) is 7. The van der Waals surface area contributed by atoms with Gasteiger partial charge in [0.15, 0.2) is 12.2 Å². The van der Waals surface area contributed by atoms with Crippen LogP contribution in [0.1, 0.15) is 35.7 Å². The van der Waals surface area contributed by atoms with E-state index in [0.29, 0.717) is 54.0 Å². The first-order valence-corrected chi connectivity index (χ1v) is 19.0. The summed E-state index contributed by atoms with van der Waals surface area (Å²) in [6.07, 6.45) is -2.29. The van der Waals surface area contributed by atoms with Crippen LogP contribution in [-0.4, -0.2) is 99.6 Å². The van der Waals surface area contributed by atoms with Gasteiger partial charge in [-0.15, -0.1) is 0 Å². The molecule has 6 rings (SSSR count). The van der Waals surface area contributed by atoms with Gasteiger partial charge in [-0.25, -0.2) is 22.6 Å². The number of amides is 2. The zero-order valence-electron chi connectivity index (χ0n) is 31.8. The summed E-state index contributed by atoms with van der Waals surface area (Å²) < 4.78 is 76.2. The second-order valence-electron chi connectivity index (χ2n) is 14.8. The van der Waals surface area contributed by atoms with Crippen LogP contribution in [0.3, 0.4) is 0 Å². The lowest BCUT2D eigenvalue weighted by molar-refractivity contribution is -0.862. The summed E-state index contributed by atoms with van der Waals surface area (Å²) in [6.45, 7) is 10.3. The molecule has 0 bridgehead atoms. The maximum absolute atomic E-state index is 14.1. The van der Waals surface area contributed by atoms with Crippen LogP contribution in [0.4, 0.5) is 18.9 Å². The van der Waals surface area contributed by atoms with Crippen molar-refractivity contribution in [2.24, 2.45) is 7.05 Å². The summed E-state index contributed by atoms with van der Waals surface area (Å²) in [5, 5.41) is 7.41. The summed E-state index contributed by atoms with van der Waals surface area (Å²) in [5.74, 6) is -0.686. The number of nitrogens with one attached hydrogen (secondary N) is 1. The highest BCUT2D eigenvalue weighted by Gasteiger charge is 2.37. The van der Waals surface area contributed by atoms with E-state index in [-0.39, 0.29) is 27.7 Å². The summed E-state index contributed by atoms with van der Waals surface area (Å²) in [7, 11) is 3.04. The third-order valence-electron chi connectivity index (χ3n) is 9.30. The van der Waals surface area contributed by atoms with Gasteiger partial charge in [0.1, 0.15) is 21.4 Å². The number of likely N-dealkylation sites (N-methyl/N-ethyl adjacent to an activating group) is 1. The van der Waals surface area contributed by atoms with Crippen molar-refractivity contribution in [2.75, 3.05) is 40.8 Å². The average molecular weight is 807 g/mol. The minimum atomic E-state index is -4.65. The molecule has 1 fully saturated rings. The predicted octanol–water partition coefficient (Wildman–Crippen LogP) is 5.01. The van der Waals surface area contributed by atoms with E-state index in [1.807, 2.05) is 28.1 Å². The molecule has 1 saturated heterocycles. The molecule has 1 N–H and O–H groups in total. The van der Waals surface area contributed by atoms with Gasteiger partial charge in [-0.3, -0.25) is 19.1 Å². The van der Waals surface area contributed by atoms with Crippen molar-refractivity contribution in [3.05, 3.63) is 124 Å². The molecule has 0 atom stereocenters. The van der Waals surface area contributed by atoms with Crippen LogP contribution >= 0.6 is 0 Å². The number of carbonyl (C=O) groups excluding carboxylic acids is 2. The summed E-state index contributed by atoms with van der Waals surface area (Å²) in [4.78, 5) is 46.1. The van der Waals surface area contributed by atoms with E-state index in [9.17, 15) is 40.5 Å². The molecule has 0 saturated carbocycles. The Morgan fingerprint density at radius 3 is 2.14 bits per heavy atom. The molecule has 0 aliphatic carbocycles. The first-order valence-electron chi connectivity index (χ1n) is 17.6. The third-order valence-corrected chi connectivity index (χ3v) is 10.1. The zero-order valence-corrected chi connectivity index (χ0v) is 32.6. The van der Waals surface area contributed by atoms with Gasteiger partial charge < -0.3 is 19.3 Å². The Balaban J connectivity index is 0.000000540. The molecular weight excluding hydrogens is 766 g/mol. The fraction of sp³-hybridized carbons (Fsp3) is 0.308. The first kappa shape index (κ1) is 42.1. The predicted molar refractivity (Wildman–Crippen MR) is 204 cm³/mol. The quantitative estimate of drug-likeness (QED) is 0.131. The number of alkyl halides is 3. The fourth-order valence-electron chi connectivity index (χ4n) is 6.37. The molecule has 300 valence electrons. The Hall–Kier alpha value is -6.03. The number of aromatic nitrogens is 4. The van der Waals surface area contributed by atoms with Gasteiger partial charge in [0, 0.05) is 25.7 Å². The van der Waals surface area contributed by atoms with Gasteiger partial charge >= 0.3 is 6.18 Å². The highest BCUT2D eigenvalue weighted by Crippen LogP contribution is 2.32. The maximum Gasteiger partial charge on any atom is 0.416 e. The molecule has 1 aliphatic heterocycles. The van der Waals surface area contributed by atoms with Crippen LogP contribution in [0.25, 0.3) is 27.6 Å².